The Morgan fingerprint density at radius 2 is 2.00 bits per heavy atom. The van der Waals surface area contributed by atoms with E-state index in [1.807, 2.05) is 18.2 Å². The van der Waals surface area contributed by atoms with Gasteiger partial charge in [-0.25, -0.2) is 0 Å². The average Bonchev–Trinajstić information content (AvgIpc) is 2.78. The van der Waals surface area contributed by atoms with Crippen LogP contribution in [-0.2, 0) is 0 Å². The molecule has 3 aromatic rings. The van der Waals surface area contributed by atoms with E-state index < -0.39 is 8.07 Å². The van der Waals surface area contributed by atoms with Gasteiger partial charge in [0.2, 0.25) is 0 Å². The molecule has 1 N–H and O–H groups in total. The monoisotopic (exact) mass is 281 g/mol. The number of hydrogen-bond acceptors (Lipinski definition) is 2. The lowest BCUT2D eigenvalue weighted by Crippen LogP contribution is -2.16. The fraction of sp³-hybridized carbons (Fsp3) is 0.188. The fourth-order valence-electron chi connectivity index (χ4n) is 2.11. The summed E-state index contributed by atoms with van der Waals surface area (Å²) >= 11 is 0. The third-order valence-corrected chi connectivity index (χ3v) is 3.87. The molecule has 2 heterocycles. The van der Waals surface area contributed by atoms with Crippen LogP contribution in [-0.4, -0.2) is 13.1 Å². The summed E-state index contributed by atoms with van der Waals surface area (Å²) in [4.78, 5) is 15.3. The zero-order valence-electron chi connectivity index (χ0n) is 11.7. The first-order valence-electron chi connectivity index (χ1n) is 6.50. The molecule has 0 saturated heterocycles. The van der Waals surface area contributed by atoms with Gasteiger partial charge < -0.3 is 9.40 Å². The van der Waals surface area contributed by atoms with Crippen LogP contribution in [0.3, 0.4) is 0 Å². The number of aromatic amines is 1. The highest BCUT2D eigenvalue weighted by atomic mass is 28.3. The van der Waals surface area contributed by atoms with E-state index in [1.165, 1.54) is 12.3 Å². The Labute approximate surface area is 117 Å². The number of H-pyrrole nitrogens is 1. The smallest absolute Gasteiger partial charge is 0.193 e. The molecule has 2 aromatic heterocycles. The van der Waals surface area contributed by atoms with E-state index in [2.05, 4.69) is 36.1 Å². The van der Waals surface area contributed by atoms with Crippen molar-refractivity contribution < 1.29 is 4.42 Å². The van der Waals surface area contributed by atoms with E-state index in [0.717, 1.165) is 16.6 Å². The summed E-state index contributed by atoms with van der Waals surface area (Å²) in [6.45, 7) is 6.60. The molecule has 0 fully saturated rings. The minimum absolute atomic E-state index is 0.0273. The maximum Gasteiger partial charge on any atom is 0.193 e. The minimum atomic E-state index is -1.41. The molecule has 0 radical (unpaired) electrons. The second-order valence-corrected chi connectivity index (χ2v) is 10.6. The van der Waals surface area contributed by atoms with Crippen molar-refractivity contribution in [3.63, 3.8) is 0 Å². The van der Waals surface area contributed by atoms with Crippen LogP contribution in [0.2, 0.25) is 19.6 Å². The third kappa shape index (κ3) is 2.28. The van der Waals surface area contributed by atoms with Crippen LogP contribution in [0.1, 0.15) is 5.69 Å². The SMILES string of the molecule is C[Si](C)(C)C#Cc1cc2c(ccc3occc(=O)c32)[nH]1. The van der Waals surface area contributed by atoms with Crippen molar-refractivity contribution in [2.45, 2.75) is 19.6 Å². The first kappa shape index (κ1) is 12.8. The molecule has 0 aliphatic heterocycles. The van der Waals surface area contributed by atoms with E-state index in [0.29, 0.717) is 11.0 Å². The molecule has 100 valence electrons. The first-order valence-corrected chi connectivity index (χ1v) is 10.0. The van der Waals surface area contributed by atoms with Gasteiger partial charge >= 0.3 is 0 Å². The van der Waals surface area contributed by atoms with Crippen molar-refractivity contribution in [3.05, 3.63) is 46.4 Å². The zero-order chi connectivity index (χ0) is 14.3. The van der Waals surface area contributed by atoms with Gasteiger partial charge in [-0.1, -0.05) is 25.6 Å². The molecular weight excluding hydrogens is 266 g/mol. The van der Waals surface area contributed by atoms with Crippen molar-refractivity contribution in [1.29, 1.82) is 0 Å². The fourth-order valence-corrected chi connectivity index (χ4v) is 2.62. The van der Waals surface area contributed by atoms with E-state index in [-0.39, 0.29) is 5.43 Å². The van der Waals surface area contributed by atoms with Gasteiger partial charge in [0.05, 0.1) is 17.3 Å². The number of fused-ring (bicyclic) bond motifs is 3. The number of aromatic nitrogens is 1. The topological polar surface area (TPSA) is 46.0 Å². The molecule has 0 spiro atoms. The predicted molar refractivity (Wildman–Crippen MR) is 84.6 cm³/mol. The van der Waals surface area contributed by atoms with Crippen molar-refractivity contribution in [2.24, 2.45) is 0 Å². The maximum atomic E-state index is 12.0. The Morgan fingerprint density at radius 1 is 1.20 bits per heavy atom. The van der Waals surface area contributed by atoms with Gasteiger partial charge in [-0.2, -0.15) is 0 Å². The van der Waals surface area contributed by atoms with Gasteiger partial charge in [0.25, 0.3) is 0 Å². The number of hydrogen-bond donors (Lipinski definition) is 1. The molecule has 4 heteroatoms. The summed E-state index contributed by atoms with van der Waals surface area (Å²) in [5.74, 6) is 3.18. The van der Waals surface area contributed by atoms with Gasteiger partial charge in [-0.3, -0.25) is 4.79 Å². The minimum Gasteiger partial charge on any atom is -0.464 e. The second kappa shape index (κ2) is 4.39. The normalized spacial score (nSPS) is 11.6. The molecule has 3 nitrogen and oxygen atoms in total. The van der Waals surface area contributed by atoms with E-state index >= 15 is 0 Å². The number of benzene rings is 1. The van der Waals surface area contributed by atoms with Crippen molar-refractivity contribution >= 4 is 29.9 Å². The third-order valence-electron chi connectivity index (χ3n) is 3.00. The highest BCUT2D eigenvalue weighted by molar-refractivity contribution is 6.83. The summed E-state index contributed by atoms with van der Waals surface area (Å²) in [5, 5.41) is 1.49. The Balaban J connectivity index is 2.28. The first-order chi connectivity index (χ1) is 9.44. The van der Waals surface area contributed by atoms with Crippen LogP contribution >= 0.6 is 0 Å². The molecule has 3 rings (SSSR count). The molecule has 0 amide bonds. The Kier molecular flexibility index (Phi) is 2.80. The summed E-state index contributed by atoms with van der Waals surface area (Å²) < 4.78 is 5.38. The molecule has 0 atom stereocenters. The van der Waals surface area contributed by atoms with E-state index in [1.54, 1.807) is 0 Å². The highest BCUT2D eigenvalue weighted by Gasteiger charge is 2.10. The lowest BCUT2D eigenvalue weighted by molar-refractivity contribution is 0.603. The van der Waals surface area contributed by atoms with Gasteiger partial charge in [-0.05, 0) is 18.2 Å². The lowest BCUT2D eigenvalue weighted by Gasteiger charge is -2.02. The Bertz CT molecular complexity index is 917. The quantitative estimate of drug-likeness (QED) is 0.506. The Morgan fingerprint density at radius 3 is 2.75 bits per heavy atom. The summed E-state index contributed by atoms with van der Waals surface area (Å²) in [5.41, 5.74) is 5.65. The summed E-state index contributed by atoms with van der Waals surface area (Å²) in [7, 11) is -1.41. The van der Waals surface area contributed by atoms with Crippen molar-refractivity contribution in [3.8, 4) is 11.5 Å². The molecule has 1 aromatic carbocycles. The zero-order valence-corrected chi connectivity index (χ0v) is 12.7. The second-order valence-electron chi connectivity index (χ2n) is 5.87. The van der Waals surface area contributed by atoms with E-state index in [4.69, 9.17) is 4.42 Å². The summed E-state index contributed by atoms with van der Waals surface area (Å²) in [6.07, 6.45) is 1.43. The number of nitrogens with one attached hydrogen (secondary N) is 1. The molecule has 20 heavy (non-hydrogen) atoms. The van der Waals surface area contributed by atoms with Crippen LogP contribution in [0.25, 0.3) is 21.9 Å². The maximum absolute atomic E-state index is 12.0. The molecule has 0 aliphatic rings. The van der Waals surface area contributed by atoms with Crippen molar-refractivity contribution in [2.75, 3.05) is 0 Å². The molecular formula is C16H15NO2Si. The Hall–Kier alpha value is -2.25. The van der Waals surface area contributed by atoms with E-state index in [9.17, 15) is 4.79 Å². The largest absolute Gasteiger partial charge is 0.464 e. The van der Waals surface area contributed by atoms with Gasteiger partial charge in [-0.15, -0.1) is 5.54 Å². The van der Waals surface area contributed by atoms with Gasteiger partial charge in [0.1, 0.15) is 13.7 Å². The number of rotatable bonds is 0. The van der Waals surface area contributed by atoms with Crippen LogP contribution < -0.4 is 5.43 Å². The van der Waals surface area contributed by atoms with Crippen LogP contribution in [0.5, 0.6) is 0 Å². The van der Waals surface area contributed by atoms with Crippen LogP contribution in [0, 0.1) is 11.5 Å². The molecule has 0 unspecified atom stereocenters. The lowest BCUT2D eigenvalue weighted by atomic mass is 10.1. The average molecular weight is 281 g/mol. The molecule has 0 aliphatic carbocycles. The van der Waals surface area contributed by atoms with Gasteiger partial charge in [0.15, 0.2) is 5.43 Å². The standard InChI is InChI=1S/C16H15NO2Si/c1-20(2,3)9-7-11-10-12-13(17-11)4-5-15-16(12)14(18)6-8-19-15/h4-6,8,10,17H,1-3H3. The van der Waals surface area contributed by atoms with Crippen LogP contribution in [0.4, 0.5) is 0 Å². The van der Waals surface area contributed by atoms with Crippen LogP contribution in [0.15, 0.2) is 39.7 Å². The molecule has 0 bridgehead atoms. The van der Waals surface area contributed by atoms with Gasteiger partial charge in [0, 0.05) is 17.0 Å². The van der Waals surface area contributed by atoms with Crippen molar-refractivity contribution in [1.82, 2.24) is 4.98 Å². The molecule has 0 saturated carbocycles. The highest BCUT2D eigenvalue weighted by Crippen LogP contribution is 2.23. The predicted octanol–water partition coefficient (Wildman–Crippen LogP) is 3.50. The summed E-state index contributed by atoms with van der Waals surface area (Å²) in [6, 6.07) is 7.11.